The lowest BCUT2D eigenvalue weighted by atomic mass is 10.1. The predicted octanol–water partition coefficient (Wildman–Crippen LogP) is 4.48. The first-order valence-electron chi connectivity index (χ1n) is 11.5. The Morgan fingerprint density at radius 2 is 1.92 bits per heavy atom. The van der Waals surface area contributed by atoms with Crippen molar-refractivity contribution in [3.05, 3.63) is 58.2 Å². The Bertz CT molecular complexity index is 1510. The van der Waals surface area contributed by atoms with Crippen molar-refractivity contribution in [2.75, 3.05) is 17.7 Å². The van der Waals surface area contributed by atoms with Crippen LogP contribution in [0.15, 0.2) is 45.7 Å². The number of aryl methyl sites for hydroxylation is 2. The van der Waals surface area contributed by atoms with Crippen molar-refractivity contribution in [3.8, 4) is 22.7 Å². The summed E-state index contributed by atoms with van der Waals surface area (Å²) in [6, 6.07) is 6.93. The molecule has 4 heterocycles. The number of halogens is 2. The summed E-state index contributed by atoms with van der Waals surface area (Å²) in [4.78, 5) is 37.3. The number of ether oxygens (including phenoxy) is 1. The van der Waals surface area contributed by atoms with Gasteiger partial charge in [-0.2, -0.15) is 11.3 Å². The number of nitrogens with one attached hydrogen (secondary N) is 2. The van der Waals surface area contributed by atoms with Crippen molar-refractivity contribution in [3.63, 3.8) is 0 Å². The molecular weight excluding hydrogens is 518 g/mol. The molecule has 5 rings (SSSR count). The van der Waals surface area contributed by atoms with Crippen LogP contribution in [0.3, 0.4) is 0 Å². The average molecular weight is 541 g/mol. The van der Waals surface area contributed by atoms with Gasteiger partial charge in [-0.25, -0.2) is 23.7 Å². The monoisotopic (exact) mass is 540 g/mol. The lowest BCUT2D eigenvalue weighted by molar-refractivity contribution is -0.144. The number of esters is 1. The Balaban J connectivity index is 1.30. The first kappa shape index (κ1) is 25.4. The van der Waals surface area contributed by atoms with Crippen LogP contribution in [0.2, 0.25) is 0 Å². The number of carbonyl (C=O) groups is 2. The summed E-state index contributed by atoms with van der Waals surface area (Å²) in [6.07, 6.45) is 1.67. The zero-order chi connectivity index (χ0) is 27.0. The third-order valence-corrected chi connectivity index (χ3v) is 6.93. The third-order valence-electron chi connectivity index (χ3n) is 6.25. The SMILES string of the molecule is COC(=O)[C@@H]1[C@@H](C(=O)Nc2ccc(-c3onc(C)c3CNc3nccc(-c4ccsc4)n3)nc2C)C1(F)F. The van der Waals surface area contributed by atoms with Crippen molar-refractivity contribution in [2.45, 2.75) is 26.3 Å². The summed E-state index contributed by atoms with van der Waals surface area (Å²) in [5.74, 6) is -8.29. The maximum Gasteiger partial charge on any atom is 0.315 e. The molecule has 0 aromatic carbocycles. The molecule has 10 nitrogen and oxygen atoms in total. The van der Waals surface area contributed by atoms with Gasteiger partial charge in [0.1, 0.15) is 17.5 Å². The van der Waals surface area contributed by atoms with Crippen LogP contribution >= 0.6 is 11.3 Å². The summed E-state index contributed by atoms with van der Waals surface area (Å²) >= 11 is 1.58. The minimum atomic E-state index is -3.45. The molecule has 38 heavy (non-hydrogen) atoms. The summed E-state index contributed by atoms with van der Waals surface area (Å²) in [5.41, 5.74) is 4.21. The first-order chi connectivity index (χ1) is 18.2. The van der Waals surface area contributed by atoms with Crippen molar-refractivity contribution in [2.24, 2.45) is 11.8 Å². The lowest BCUT2D eigenvalue weighted by Crippen LogP contribution is -2.19. The number of anilines is 2. The highest BCUT2D eigenvalue weighted by atomic mass is 32.1. The van der Waals surface area contributed by atoms with Crippen LogP contribution in [0.25, 0.3) is 22.7 Å². The molecule has 2 atom stereocenters. The molecule has 1 aliphatic rings. The van der Waals surface area contributed by atoms with E-state index in [0.717, 1.165) is 23.9 Å². The van der Waals surface area contributed by atoms with Crippen LogP contribution in [-0.4, -0.2) is 45.0 Å². The minimum absolute atomic E-state index is 0.236. The van der Waals surface area contributed by atoms with E-state index in [2.05, 4.69) is 35.5 Å². The fourth-order valence-corrected chi connectivity index (χ4v) is 4.73. The van der Waals surface area contributed by atoms with Gasteiger partial charge in [-0.3, -0.25) is 9.59 Å². The molecular formula is C25H22F2N6O4S. The van der Waals surface area contributed by atoms with E-state index in [1.807, 2.05) is 22.9 Å². The molecule has 1 fully saturated rings. The van der Waals surface area contributed by atoms with Gasteiger partial charge in [-0.15, -0.1) is 0 Å². The molecule has 0 radical (unpaired) electrons. The standard InChI is InChI=1S/C25H22F2N6O4S/c1-12-15(10-29-24-28-8-6-17(32-24)14-7-9-38-11-14)21(37-33-12)18-5-4-16(13(2)30-18)31-22(34)19-20(23(35)36-3)25(19,26)27/h4-9,11,19-20H,10H2,1-3H3,(H,31,34)(H,28,29,32)/t19-,20-/m0/s1. The number of amides is 1. The number of pyridine rings is 1. The molecule has 0 saturated heterocycles. The molecule has 196 valence electrons. The van der Waals surface area contributed by atoms with E-state index >= 15 is 0 Å². The maximum atomic E-state index is 14.0. The zero-order valence-electron chi connectivity index (χ0n) is 20.5. The number of methoxy groups -OCH3 is 1. The van der Waals surface area contributed by atoms with E-state index < -0.39 is 29.6 Å². The molecule has 0 unspecified atom stereocenters. The van der Waals surface area contributed by atoms with Crippen LogP contribution in [0, 0.1) is 25.7 Å². The molecule has 1 saturated carbocycles. The number of nitrogens with zero attached hydrogens (tertiary/aromatic N) is 4. The first-order valence-corrected chi connectivity index (χ1v) is 12.4. The number of hydrogen-bond acceptors (Lipinski definition) is 10. The Hall–Kier alpha value is -4.26. The van der Waals surface area contributed by atoms with Crippen molar-refractivity contribution in [1.82, 2.24) is 20.1 Å². The van der Waals surface area contributed by atoms with Gasteiger partial charge in [-0.05, 0) is 43.5 Å². The third kappa shape index (κ3) is 4.72. The summed E-state index contributed by atoms with van der Waals surface area (Å²) in [6.45, 7) is 3.72. The number of rotatable bonds is 8. The normalized spacial score (nSPS) is 17.6. The molecule has 0 aliphatic heterocycles. The van der Waals surface area contributed by atoms with Gasteiger partial charge in [-0.1, -0.05) is 5.16 Å². The number of alkyl halides is 2. The van der Waals surface area contributed by atoms with Gasteiger partial charge in [0, 0.05) is 29.2 Å². The second kappa shape index (κ2) is 9.89. The van der Waals surface area contributed by atoms with E-state index in [1.54, 1.807) is 37.4 Å². The van der Waals surface area contributed by atoms with Crippen molar-refractivity contribution in [1.29, 1.82) is 0 Å². The molecule has 1 amide bonds. The molecule has 1 aliphatic carbocycles. The average Bonchev–Trinajstić information content (AvgIpc) is 3.26. The Morgan fingerprint density at radius 1 is 1.11 bits per heavy atom. The molecule has 0 bridgehead atoms. The summed E-state index contributed by atoms with van der Waals surface area (Å²) in [5, 5.41) is 13.7. The molecule has 0 spiro atoms. The van der Waals surface area contributed by atoms with Crippen molar-refractivity contribution >= 4 is 34.8 Å². The van der Waals surface area contributed by atoms with Crippen LogP contribution < -0.4 is 10.6 Å². The minimum Gasteiger partial charge on any atom is -0.469 e. The molecule has 4 aromatic rings. The topological polar surface area (TPSA) is 132 Å². The van der Waals surface area contributed by atoms with Gasteiger partial charge in [0.05, 0.1) is 29.9 Å². The van der Waals surface area contributed by atoms with Gasteiger partial charge >= 0.3 is 5.97 Å². The lowest BCUT2D eigenvalue weighted by Gasteiger charge is -2.10. The van der Waals surface area contributed by atoms with Crippen LogP contribution in [0.4, 0.5) is 20.4 Å². The smallest absolute Gasteiger partial charge is 0.315 e. The number of hydrogen-bond donors (Lipinski definition) is 2. The number of carbonyl (C=O) groups excluding carboxylic acids is 2. The van der Waals surface area contributed by atoms with Gasteiger partial charge in [0.15, 0.2) is 5.76 Å². The van der Waals surface area contributed by atoms with Crippen molar-refractivity contribution < 1.29 is 27.6 Å². The van der Waals surface area contributed by atoms with E-state index in [1.165, 1.54) is 6.07 Å². The van der Waals surface area contributed by atoms with Crippen LogP contribution in [0.1, 0.15) is 17.0 Å². The second-order valence-corrected chi connectivity index (χ2v) is 9.46. The molecule has 2 N–H and O–H groups in total. The van der Waals surface area contributed by atoms with E-state index in [4.69, 9.17) is 4.52 Å². The van der Waals surface area contributed by atoms with Gasteiger partial charge in [0.2, 0.25) is 11.9 Å². The Kier molecular flexibility index (Phi) is 6.61. The molecule has 13 heteroatoms. The van der Waals surface area contributed by atoms with Gasteiger partial charge < -0.3 is 19.9 Å². The van der Waals surface area contributed by atoms with E-state index in [-0.39, 0.29) is 5.69 Å². The maximum absolute atomic E-state index is 14.0. The summed E-state index contributed by atoms with van der Waals surface area (Å²) in [7, 11) is 1.00. The highest BCUT2D eigenvalue weighted by Gasteiger charge is 2.76. The van der Waals surface area contributed by atoms with E-state index in [9.17, 15) is 18.4 Å². The second-order valence-electron chi connectivity index (χ2n) is 8.68. The fourth-order valence-electron chi connectivity index (χ4n) is 4.08. The highest BCUT2D eigenvalue weighted by Crippen LogP contribution is 2.56. The number of aromatic nitrogens is 4. The Labute approximate surface area is 219 Å². The predicted molar refractivity (Wildman–Crippen MR) is 134 cm³/mol. The fraction of sp³-hybridized carbons (Fsp3) is 0.280. The van der Waals surface area contributed by atoms with E-state index in [0.29, 0.717) is 35.3 Å². The zero-order valence-corrected chi connectivity index (χ0v) is 21.3. The largest absolute Gasteiger partial charge is 0.469 e. The van der Waals surface area contributed by atoms with Gasteiger partial charge in [0.25, 0.3) is 5.92 Å². The highest BCUT2D eigenvalue weighted by molar-refractivity contribution is 7.08. The number of thiophene rings is 1. The molecule has 4 aromatic heterocycles. The quantitative estimate of drug-likeness (QED) is 0.311. The van der Waals surface area contributed by atoms with Crippen LogP contribution in [-0.2, 0) is 20.9 Å². The van der Waals surface area contributed by atoms with Crippen LogP contribution in [0.5, 0.6) is 0 Å². The summed E-state index contributed by atoms with van der Waals surface area (Å²) < 4.78 is 37.8. The Morgan fingerprint density at radius 3 is 2.63 bits per heavy atom.